The molecular weight excluding hydrogens is 360 g/mol. The summed E-state index contributed by atoms with van der Waals surface area (Å²) in [4.78, 5) is 28.2. The zero-order valence-electron chi connectivity index (χ0n) is 15.0. The Kier molecular flexibility index (Phi) is 5.31. The number of amides is 1. The minimum absolute atomic E-state index is 0.0829. The second kappa shape index (κ2) is 8.02. The molecule has 27 heavy (non-hydrogen) atoms. The molecule has 0 spiro atoms. The molecule has 1 fully saturated rings. The van der Waals surface area contributed by atoms with Crippen molar-refractivity contribution in [3.05, 3.63) is 62.7 Å². The van der Waals surface area contributed by atoms with E-state index in [4.69, 9.17) is 0 Å². The van der Waals surface area contributed by atoms with Gasteiger partial charge in [0.1, 0.15) is 0 Å². The van der Waals surface area contributed by atoms with Crippen molar-refractivity contribution in [3.63, 3.8) is 0 Å². The van der Waals surface area contributed by atoms with Gasteiger partial charge in [-0.05, 0) is 43.4 Å². The zero-order chi connectivity index (χ0) is 18.6. The molecule has 3 heterocycles. The third-order valence-electron chi connectivity index (χ3n) is 5.05. The van der Waals surface area contributed by atoms with Crippen LogP contribution in [-0.4, -0.2) is 40.6 Å². The molecular formula is C20H22N4O2S. The van der Waals surface area contributed by atoms with Gasteiger partial charge in [0.2, 0.25) is 5.91 Å². The predicted octanol–water partition coefficient (Wildman–Crippen LogP) is 2.48. The van der Waals surface area contributed by atoms with E-state index in [0.29, 0.717) is 17.6 Å². The van der Waals surface area contributed by atoms with Gasteiger partial charge in [-0.1, -0.05) is 24.3 Å². The van der Waals surface area contributed by atoms with E-state index in [0.717, 1.165) is 18.5 Å². The number of hydrogen-bond donors (Lipinski definition) is 2. The number of carbonyl (C=O) groups excluding carboxylic acids is 1. The summed E-state index contributed by atoms with van der Waals surface area (Å²) in [5.41, 5.74) is 0.359. The number of thiophene rings is 1. The number of likely N-dealkylation sites (tertiary alicyclic amines) is 1. The highest BCUT2D eigenvalue weighted by molar-refractivity contribution is 7.10. The number of hydrogen-bond acceptors (Lipinski definition) is 5. The Balaban J connectivity index is 1.46. The first-order valence-electron chi connectivity index (χ1n) is 9.23. The van der Waals surface area contributed by atoms with Crippen LogP contribution in [0.2, 0.25) is 0 Å². The molecule has 7 heteroatoms. The van der Waals surface area contributed by atoms with E-state index >= 15 is 0 Å². The van der Waals surface area contributed by atoms with Crippen LogP contribution in [0, 0.1) is 0 Å². The molecule has 1 unspecified atom stereocenters. The first-order chi connectivity index (χ1) is 13.2. The van der Waals surface area contributed by atoms with E-state index in [1.807, 2.05) is 18.2 Å². The highest BCUT2D eigenvalue weighted by atomic mass is 32.1. The van der Waals surface area contributed by atoms with Gasteiger partial charge in [-0.15, -0.1) is 11.3 Å². The highest BCUT2D eigenvalue weighted by Crippen LogP contribution is 2.27. The van der Waals surface area contributed by atoms with Crippen molar-refractivity contribution in [3.8, 4) is 0 Å². The summed E-state index contributed by atoms with van der Waals surface area (Å²) < 4.78 is 0. The Bertz CT molecular complexity index is 977. The van der Waals surface area contributed by atoms with Gasteiger partial charge in [0.25, 0.3) is 5.56 Å². The molecule has 6 nitrogen and oxygen atoms in total. The molecule has 1 aliphatic rings. The maximum Gasteiger partial charge on any atom is 0.272 e. The normalized spacial score (nSPS) is 15.9. The first-order valence-corrected chi connectivity index (χ1v) is 10.1. The number of rotatable bonds is 6. The summed E-state index contributed by atoms with van der Waals surface area (Å²) in [6.45, 7) is 2.73. The number of fused-ring (bicyclic) bond motifs is 1. The minimum atomic E-state index is -0.235. The van der Waals surface area contributed by atoms with Gasteiger partial charge in [0.05, 0.1) is 23.5 Å². The molecule has 1 aliphatic heterocycles. The minimum Gasteiger partial charge on any atom is -0.354 e. The second-order valence-corrected chi connectivity index (χ2v) is 7.78. The molecule has 1 saturated heterocycles. The lowest BCUT2D eigenvalue weighted by Crippen LogP contribution is -2.37. The van der Waals surface area contributed by atoms with Crippen LogP contribution in [0.4, 0.5) is 0 Å². The number of carbonyl (C=O) groups is 1. The van der Waals surface area contributed by atoms with Crippen molar-refractivity contribution in [2.75, 3.05) is 19.6 Å². The standard InChI is InChI=1S/C20H22N4O2S/c25-19(12-16-14-6-1-2-7-15(14)20(26)23-22-16)21-13-17(18-8-5-11-27-18)24-9-3-4-10-24/h1-2,5-8,11,17H,3-4,9-10,12-13H2,(H,21,25)(H,23,26). The topological polar surface area (TPSA) is 78.1 Å². The fourth-order valence-electron chi connectivity index (χ4n) is 3.68. The summed E-state index contributed by atoms with van der Waals surface area (Å²) in [6, 6.07) is 11.7. The molecule has 2 aromatic heterocycles. The van der Waals surface area contributed by atoms with Crippen molar-refractivity contribution in [2.45, 2.75) is 25.3 Å². The summed E-state index contributed by atoms with van der Waals surface area (Å²) >= 11 is 1.73. The average Bonchev–Trinajstić information content (AvgIpc) is 3.39. The first kappa shape index (κ1) is 17.9. The summed E-state index contributed by atoms with van der Waals surface area (Å²) in [5, 5.41) is 13.0. The Morgan fingerprint density at radius 2 is 1.96 bits per heavy atom. The molecule has 140 valence electrons. The Morgan fingerprint density at radius 3 is 2.70 bits per heavy atom. The Morgan fingerprint density at radius 1 is 1.19 bits per heavy atom. The lowest BCUT2D eigenvalue weighted by molar-refractivity contribution is -0.120. The van der Waals surface area contributed by atoms with E-state index in [1.54, 1.807) is 17.4 Å². The van der Waals surface area contributed by atoms with Crippen molar-refractivity contribution >= 4 is 28.0 Å². The number of H-pyrrole nitrogens is 1. The van der Waals surface area contributed by atoms with Crippen LogP contribution in [-0.2, 0) is 11.2 Å². The quantitative estimate of drug-likeness (QED) is 0.687. The van der Waals surface area contributed by atoms with Crippen molar-refractivity contribution in [2.24, 2.45) is 0 Å². The van der Waals surface area contributed by atoms with Crippen LogP contribution in [0.15, 0.2) is 46.6 Å². The fourth-order valence-corrected chi connectivity index (χ4v) is 4.54. The molecule has 3 aromatic rings. The van der Waals surface area contributed by atoms with Crippen LogP contribution >= 0.6 is 11.3 Å². The monoisotopic (exact) mass is 382 g/mol. The lowest BCUT2D eigenvalue weighted by atomic mass is 10.1. The number of aromatic amines is 1. The van der Waals surface area contributed by atoms with Gasteiger partial charge < -0.3 is 5.32 Å². The Hall–Kier alpha value is -2.51. The van der Waals surface area contributed by atoms with Gasteiger partial charge in [-0.3, -0.25) is 14.5 Å². The fraction of sp³-hybridized carbons (Fsp3) is 0.350. The zero-order valence-corrected chi connectivity index (χ0v) is 15.8. The molecule has 2 N–H and O–H groups in total. The third-order valence-corrected chi connectivity index (χ3v) is 6.02. The second-order valence-electron chi connectivity index (χ2n) is 6.80. The van der Waals surface area contributed by atoms with E-state index in [1.165, 1.54) is 17.7 Å². The summed E-state index contributed by atoms with van der Waals surface area (Å²) in [5.74, 6) is -0.0829. The van der Waals surface area contributed by atoms with E-state index in [9.17, 15) is 9.59 Å². The van der Waals surface area contributed by atoms with Crippen LogP contribution in [0.5, 0.6) is 0 Å². The van der Waals surface area contributed by atoms with Crippen LogP contribution in [0.1, 0.15) is 29.5 Å². The van der Waals surface area contributed by atoms with Gasteiger partial charge in [-0.2, -0.15) is 5.10 Å². The van der Waals surface area contributed by atoms with E-state index in [-0.39, 0.29) is 23.9 Å². The molecule has 0 aliphatic carbocycles. The maximum absolute atomic E-state index is 12.6. The summed E-state index contributed by atoms with van der Waals surface area (Å²) in [6.07, 6.45) is 2.57. The van der Waals surface area contributed by atoms with E-state index < -0.39 is 0 Å². The third kappa shape index (κ3) is 3.94. The molecule has 1 aromatic carbocycles. The molecule has 4 rings (SSSR count). The van der Waals surface area contributed by atoms with Crippen molar-refractivity contribution in [1.29, 1.82) is 0 Å². The van der Waals surface area contributed by atoms with Crippen LogP contribution in [0.3, 0.4) is 0 Å². The molecule has 0 bridgehead atoms. The number of nitrogens with one attached hydrogen (secondary N) is 2. The SMILES string of the molecule is O=C(Cc1n[nH]c(=O)c2ccccc12)NCC(c1cccs1)N1CCCC1. The number of benzene rings is 1. The van der Waals surface area contributed by atoms with Crippen molar-refractivity contribution < 1.29 is 4.79 Å². The Labute approximate surface area is 161 Å². The largest absolute Gasteiger partial charge is 0.354 e. The molecule has 1 atom stereocenters. The van der Waals surface area contributed by atoms with Crippen LogP contribution in [0.25, 0.3) is 10.8 Å². The van der Waals surface area contributed by atoms with Gasteiger partial charge in [0, 0.05) is 16.8 Å². The van der Waals surface area contributed by atoms with E-state index in [2.05, 4.69) is 37.9 Å². The molecule has 0 saturated carbocycles. The highest BCUT2D eigenvalue weighted by Gasteiger charge is 2.24. The molecule has 1 amide bonds. The number of aromatic nitrogens is 2. The molecule has 0 radical (unpaired) electrons. The van der Waals surface area contributed by atoms with Crippen LogP contribution < -0.4 is 10.9 Å². The summed E-state index contributed by atoms with van der Waals surface area (Å²) in [7, 11) is 0. The van der Waals surface area contributed by atoms with Gasteiger partial charge >= 0.3 is 0 Å². The average molecular weight is 382 g/mol. The number of nitrogens with zero attached hydrogens (tertiary/aromatic N) is 2. The predicted molar refractivity (Wildman–Crippen MR) is 107 cm³/mol. The lowest BCUT2D eigenvalue weighted by Gasteiger charge is -2.26. The van der Waals surface area contributed by atoms with Crippen molar-refractivity contribution in [1.82, 2.24) is 20.4 Å². The smallest absolute Gasteiger partial charge is 0.272 e. The maximum atomic E-state index is 12.6. The van der Waals surface area contributed by atoms with Gasteiger partial charge in [-0.25, -0.2) is 5.10 Å². The van der Waals surface area contributed by atoms with Gasteiger partial charge in [0.15, 0.2) is 0 Å².